The number of benzene rings is 1. The van der Waals surface area contributed by atoms with Crippen LogP contribution >= 0.6 is 0 Å². The molecule has 0 bridgehead atoms. The smallest absolute Gasteiger partial charge is 0.336 e. The summed E-state index contributed by atoms with van der Waals surface area (Å²) in [6, 6.07) is 6.96. The van der Waals surface area contributed by atoms with E-state index >= 15 is 0 Å². The molecule has 10 nitrogen and oxygen atoms in total. The second-order valence-electron chi connectivity index (χ2n) is 6.97. The molecule has 0 fully saturated rings. The van der Waals surface area contributed by atoms with Gasteiger partial charge >= 0.3 is 11.9 Å². The van der Waals surface area contributed by atoms with Crippen molar-refractivity contribution < 1.29 is 33.0 Å². The molecule has 0 saturated heterocycles. The Balaban J connectivity index is 2.12. The first-order chi connectivity index (χ1) is 14.8. The van der Waals surface area contributed by atoms with Gasteiger partial charge in [-0.25, -0.2) is 9.59 Å². The Morgan fingerprint density at radius 1 is 1.03 bits per heavy atom. The highest BCUT2D eigenvalue weighted by molar-refractivity contribution is 6.00. The number of aromatic nitrogens is 2. The standard InChI is InChI=1S/C21H23N3O7/c1-11-15(24(27)31-23-11)10-30-16-9-7-6-8-14(16)19-17(20(25)28-4)12(2)22-13(3)18(19)21(26)29-5/h6-9,19H,10H2,1-5H3,(H-,22,23,25,26,27)/p+1. The third-order valence-electron chi connectivity index (χ3n) is 5.10. The van der Waals surface area contributed by atoms with Gasteiger partial charge < -0.3 is 19.5 Å². The fourth-order valence-electron chi connectivity index (χ4n) is 3.58. The zero-order chi connectivity index (χ0) is 22.7. The number of allylic oxidation sites excluding steroid dienone is 2. The predicted octanol–water partition coefficient (Wildman–Crippen LogP) is 1.99. The van der Waals surface area contributed by atoms with Crippen LogP contribution in [0.4, 0.5) is 0 Å². The van der Waals surface area contributed by atoms with Crippen LogP contribution in [0.15, 0.2) is 51.4 Å². The van der Waals surface area contributed by atoms with Crippen LogP contribution in [0, 0.1) is 11.8 Å². The molecule has 0 unspecified atom stereocenters. The van der Waals surface area contributed by atoms with Crippen molar-refractivity contribution in [1.29, 1.82) is 0 Å². The Hall–Kier alpha value is -3.82. The SMILES string of the molecule is COC(=O)C1=C(C)NC(C)=C(C(=O)OC)C1c1ccccc1OCc1c(C)[nH]o[n+]1=O. The van der Waals surface area contributed by atoms with Gasteiger partial charge in [-0.3, -0.25) is 0 Å². The fraction of sp³-hybridized carbons (Fsp3) is 0.333. The molecule has 0 atom stereocenters. The number of aryl methyl sites for hydroxylation is 1. The zero-order valence-corrected chi connectivity index (χ0v) is 17.9. The summed E-state index contributed by atoms with van der Waals surface area (Å²) in [5.74, 6) is -1.58. The molecule has 164 valence electrons. The lowest BCUT2D eigenvalue weighted by Crippen LogP contribution is -2.32. The van der Waals surface area contributed by atoms with Crippen LogP contribution in [0.2, 0.25) is 0 Å². The normalized spacial score (nSPS) is 14.4. The van der Waals surface area contributed by atoms with Gasteiger partial charge in [0, 0.05) is 23.9 Å². The fourth-order valence-corrected chi connectivity index (χ4v) is 3.58. The van der Waals surface area contributed by atoms with Crippen LogP contribution in [0.5, 0.6) is 5.75 Å². The Labute approximate surface area is 178 Å². The van der Waals surface area contributed by atoms with Gasteiger partial charge in [-0.15, -0.1) is 0 Å². The van der Waals surface area contributed by atoms with Gasteiger partial charge in [0.15, 0.2) is 16.9 Å². The molecule has 0 aliphatic carbocycles. The summed E-state index contributed by atoms with van der Waals surface area (Å²) in [6.07, 6.45) is 0. The number of hydrogen-bond donors (Lipinski definition) is 2. The Morgan fingerprint density at radius 3 is 2.13 bits per heavy atom. The molecule has 1 aromatic heterocycles. The molecular weight excluding hydrogens is 406 g/mol. The van der Waals surface area contributed by atoms with Crippen molar-refractivity contribution in [3.63, 3.8) is 0 Å². The number of methoxy groups -OCH3 is 2. The Morgan fingerprint density at radius 2 is 1.61 bits per heavy atom. The summed E-state index contributed by atoms with van der Waals surface area (Å²) in [5, 5.41) is 5.53. The summed E-state index contributed by atoms with van der Waals surface area (Å²) in [6.45, 7) is 5.05. The molecule has 1 aliphatic rings. The molecule has 0 radical (unpaired) electrons. The lowest BCUT2D eigenvalue weighted by atomic mass is 9.80. The Bertz CT molecular complexity index is 1100. The van der Waals surface area contributed by atoms with E-state index in [-0.39, 0.29) is 23.4 Å². The molecule has 2 heterocycles. The van der Waals surface area contributed by atoms with E-state index in [0.717, 1.165) is 0 Å². The Kier molecular flexibility index (Phi) is 6.28. The van der Waals surface area contributed by atoms with E-state index < -0.39 is 17.9 Å². The van der Waals surface area contributed by atoms with Crippen LogP contribution in [0.25, 0.3) is 0 Å². The first kappa shape index (κ1) is 21.9. The number of para-hydroxylation sites is 1. The first-order valence-corrected chi connectivity index (χ1v) is 9.47. The summed E-state index contributed by atoms with van der Waals surface area (Å²) in [4.78, 5) is 37.1. The van der Waals surface area contributed by atoms with Gasteiger partial charge in [-0.1, -0.05) is 28.0 Å². The maximum atomic E-state index is 12.7. The summed E-state index contributed by atoms with van der Waals surface area (Å²) >= 11 is 0. The molecular formula is C21H24N3O7+. The van der Waals surface area contributed by atoms with Gasteiger partial charge in [0.25, 0.3) is 5.69 Å². The maximum absolute atomic E-state index is 12.7. The number of aromatic amines is 1. The van der Waals surface area contributed by atoms with E-state index in [1.54, 1.807) is 45.0 Å². The minimum absolute atomic E-state index is 0.0865. The van der Waals surface area contributed by atoms with Gasteiger partial charge in [0.05, 0.1) is 31.3 Å². The number of dihydropyridines is 1. The van der Waals surface area contributed by atoms with Crippen molar-refractivity contribution >= 4 is 11.9 Å². The van der Waals surface area contributed by atoms with Gasteiger partial charge in [-0.05, 0) is 24.8 Å². The number of nitrogens with one attached hydrogen (secondary N) is 2. The third-order valence-corrected chi connectivity index (χ3v) is 5.10. The monoisotopic (exact) mass is 430 g/mol. The summed E-state index contributed by atoms with van der Waals surface area (Å²) in [5.41, 5.74) is 2.95. The van der Waals surface area contributed by atoms with Crippen molar-refractivity contribution in [3.05, 3.63) is 68.7 Å². The lowest BCUT2D eigenvalue weighted by Gasteiger charge is -2.30. The molecule has 31 heavy (non-hydrogen) atoms. The maximum Gasteiger partial charge on any atom is 0.336 e. The van der Waals surface area contributed by atoms with Crippen LogP contribution in [-0.4, -0.2) is 31.3 Å². The lowest BCUT2D eigenvalue weighted by molar-refractivity contribution is -0.720. The van der Waals surface area contributed by atoms with Crippen molar-refractivity contribution in [2.24, 2.45) is 0 Å². The van der Waals surface area contributed by atoms with E-state index in [1.165, 1.54) is 14.2 Å². The van der Waals surface area contributed by atoms with Gasteiger partial charge in [-0.2, -0.15) is 0 Å². The first-order valence-electron chi connectivity index (χ1n) is 9.47. The van der Waals surface area contributed by atoms with Crippen molar-refractivity contribution in [2.45, 2.75) is 33.3 Å². The molecule has 0 saturated carbocycles. The summed E-state index contributed by atoms with van der Waals surface area (Å²) < 4.78 is 20.9. The van der Waals surface area contributed by atoms with E-state index in [4.69, 9.17) is 18.8 Å². The van der Waals surface area contributed by atoms with Crippen molar-refractivity contribution in [1.82, 2.24) is 10.5 Å². The number of rotatable bonds is 6. The average molecular weight is 430 g/mol. The quantitative estimate of drug-likeness (QED) is 0.667. The van der Waals surface area contributed by atoms with Crippen molar-refractivity contribution in [2.75, 3.05) is 14.2 Å². The topological polar surface area (TPSA) is 126 Å². The molecule has 0 spiro atoms. The number of esters is 2. The number of carbonyl (C=O) groups excluding carboxylic acids is 2. The zero-order valence-electron chi connectivity index (χ0n) is 17.9. The molecule has 0 amide bonds. The van der Waals surface area contributed by atoms with Gasteiger partial charge in [0.2, 0.25) is 0 Å². The molecule has 2 N–H and O–H groups in total. The molecule has 1 aromatic carbocycles. The highest BCUT2D eigenvalue weighted by Crippen LogP contribution is 2.42. The van der Waals surface area contributed by atoms with E-state index in [1.807, 2.05) is 0 Å². The van der Waals surface area contributed by atoms with Gasteiger partial charge in [0.1, 0.15) is 5.75 Å². The van der Waals surface area contributed by atoms with E-state index in [2.05, 4.69) is 10.5 Å². The van der Waals surface area contributed by atoms with Crippen LogP contribution in [-0.2, 0) is 25.7 Å². The minimum atomic E-state index is -0.797. The molecule has 10 heteroatoms. The number of carbonyl (C=O) groups is 2. The molecule has 3 rings (SSSR count). The second-order valence-corrected chi connectivity index (χ2v) is 6.97. The minimum Gasteiger partial charge on any atom is -0.484 e. The summed E-state index contributed by atoms with van der Waals surface area (Å²) in [7, 11) is 2.55. The number of ether oxygens (including phenoxy) is 3. The second kappa shape index (κ2) is 8.90. The van der Waals surface area contributed by atoms with Crippen LogP contribution < -0.4 is 14.7 Å². The van der Waals surface area contributed by atoms with Crippen LogP contribution in [0.1, 0.15) is 36.7 Å². The van der Waals surface area contributed by atoms with E-state index in [9.17, 15) is 14.5 Å². The number of hydrogen-bond acceptors (Lipinski definition) is 8. The predicted molar refractivity (Wildman–Crippen MR) is 107 cm³/mol. The highest BCUT2D eigenvalue weighted by Gasteiger charge is 2.39. The van der Waals surface area contributed by atoms with E-state index in [0.29, 0.717) is 33.0 Å². The number of nitrogens with zero attached hydrogens (tertiary/aromatic N) is 1. The molecule has 2 aromatic rings. The molecule has 1 aliphatic heterocycles. The largest absolute Gasteiger partial charge is 0.484 e. The average Bonchev–Trinajstić information content (AvgIpc) is 3.08. The highest BCUT2D eigenvalue weighted by atomic mass is 16.7. The number of H-pyrrole nitrogens is 1. The van der Waals surface area contributed by atoms with Crippen LogP contribution in [0.3, 0.4) is 0 Å². The third kappa shape index (κ3) is 4.09. The van der Waals surface area contributed by atoms with Crippen molar-refractivity contribution in [3.8, 4) is 5.75 Å².